The molecule has 3 N–H and O–H groups in total. The molecule has 0 amide bonds. The SMILES string of the molecule is CCNC1(C(=O)O)CNC1. The standard InChI is InChI=1S/C6H12N2O2/c1-2-8-6(5(9)10)3-7-4-6/h7-8H,2-4H2,1H3,(H,9,10). The first-order chi connectivity index (χ1) is 4.71. The van der Waals surface area contributed by atoms with Crippen LogP contribution in [0.25, 0.3) is 0 Å². The van der Waals surface area contributed by atoms with Crippen LogP contribution in [0.1, 0.15) is 6.92 Å². The lowest BCUT2D eigenvalue weighted by atomic mass is 9.93. The van der Waals surface area contributed by atoms with Crippen molar-refractivity contribution < 1.29 is 9.90 Å². The van der Waals surface area contributed by atoms with E-state index in [4.69, 9.17) is 5.11 Å². The van der Waals surface area contributed by atoms with E-state index in [0.717, 1.165) is 0 Å². The number of hydrogen-bond donors (Lipinski definition) is 3. The molecule has 0 unspecified atom stereocenters. The Bertz CT molecular complexity index is 143. The molecule has 1 aliphatic heterocycles. The lowest BCUT2D eigenvalue weighted by Gasteiger charge is -2.39. The van der Waals surface area contributed by atoms with Crippen LogP contribution in [0, 0.1) is 0 Å². The third-order valence-electron chi connectivity index (χ3n) is 1.78. The first-order valence-corrected chi connectivity index (χ1v) is 3.40. The average Bonchev–Trinajstić information content (AvgIpc) is 1.77. The minimum atomic E-state index is -0.756. The van der Waals surface area contributed by atoms with Gasteiger partial charge in [0.1, 0.15) is 5.54 Å². The highest BCUT2D eigenvalue weighted by Crippen LogP contribution is 2.09. The molecule has 0 atom stereocenters. The molecule has 58 valence electrons. The zero-order valence-electron chi connectivity index (χ0n) is 5.98. The van der Waals surface area contributed by atoms with Crippen LogP contribution in [-0.4, -0.2) is 36.2 Å². The topological polar surface area (TPSA) is 61.4 Å². The van der Waals surface area contributed by atoms with Crippen LogP contribution in [0.2, 0.25) is 0 Å². The van der Waals surface area contributed by atoms with Gasteiger partial charge in [0, 0.05) is 13.1 Å². The van der Waals surface area contributed by atoms with Gasteiger partial charge in [0.25, 0.3) is 0 Å². The van der Waals surface area contributed by atoms with Crippen molar-refractivity contribution in [3.05, 3.63) is 0 Å². The van der Waals surface area contributed by atoms with Gasteiger partial charge in [-0.15, -0.1) is 0 Å². The molecule has 1 heterocycles. The van der Waals surface area contributed by atoms with E-state index in [2.05, 4.69) is 10.6 Å². The predicted octanol–water partition coefficient (Wildman–Crippen LogP) is -0.977. The summed E-state index contributed by atoms with van der Waals surface area (Å²) < 4.78 is 0. The van der Waals surface area contributed by atoms with E-state index in [1.165, 1.54) is 0 Å². The van der Waals surface area contributed by atoms with Gasteiger partial charge in [-0.2, -0.15) is 0 Å². The lowest BCUT2D eigenvalue weighted by Crippen LogP contribution is -2.72. The number of nitrogens with one attached hydrogen (secondary N) is 2. The van der Waals surface area contributed by atoms with Gasteiger partial charge in [-0.25, -0.2) is 0 Å². The maximum absolute atomic E-state index is 10.6. The van der Waals surface area contributed by atoms with Crippen LogP contribution in [0.15, 0.2) is 0 Å². The molecule has 1 rings (SSSR count). The van der Waals surface area contributed by atoms with Crippen LogP contribution in [0.4, 0.5) is 0 Å². The van der Waals surface area contributed by atoms with Crippen molar-refractivity contribution in [1.82, 2.24) is 10.6 Å². The summed E-state index contributed by atoms with van der Waals surface area (Å²) in [5.41, 5.74) is -0.672. The molecule has 0 aromatic rings. The second-order valence-corrected chi connectivity index (χ2v) is 2.52. The molecule has 0 radical (unpaired) electrons. The van der Waals surface area contributed by atoms with Crippen molar-refractivity contribution in [3.63, 3.8) is 0 Å². The molecule has 0 saturated carbocycles. The molecular formula is C6H12N2O2. The summed E-state index contributed by atoms with van der Waals surface area (Å²) >= 11 is 0. The number of carboxylic acid groups (broad SMARTS) is 1. The maximum Gasteiger partial charge on any atom is 0.326 e. The zero-order chi connectivity index (χ0) is 7.61. The Kier molecular flexibility index (Phi) is 1.92. The highest BCUT2D eigenvalue weighted by Gasteiger charge is 2.43. The molecule has 0 spiro atoms. The molecule has 1 fully saturated rings. The van der Waals surface area contributed by atoms with E-state index in [0.29, 0.717) is 19.6 Å². The molecule has 4 heteroatoms. The fourth-order valence-corrected chi connectivity index (χ4v) is 1.07. The minimum Gasteiger partial charge on any atom is -0.480 e. The van der Waals surface area contributed by atoms with Gasteiger partial charge in [0.15, 0.2) is 0 Å². The second kappa shape index (κ2) is 2.56. The number of rotatable bonds is 3. The number of hydrogen-bond acceptors (Lipinski definition) is 3. The second-order valence-electron chi connectivity index (χ2n) is 2.52. The number of aliphatic carboxylic acids is 1. The summed E-state index contributed by atoms with van der Waals surface area (Å²) in [6.45, 7) is 3.68. The Morgan fingerprint density at radius 1 is 1.80 bits per heavy atom. The van der Waals surface area contributed by atoms with E-state index >= 15 is 0 Å². The fourth-order valence-electron chi connectivity index (χ4n) is 1.07. The quantitative estimate of drug-likeness (QED) is 0.476. The Morgan fingerprint density at radius 3 is 2.50 bits per heavy atom. The van der Waals surface area contributed by atoms with Crippen molar-refractivity contribution >= 4 is 5.97 Å². The van der Waals surface area contributed by atoms with E-state index in [1.54, 1.807) is 0 Å². The normalized spacial score (nSPS) is 21.7. The van der Waals surface area contributed by atoms with Gasteiger partial charge in [0.2, 0.25) is 0 Å². The number of carboxylic acids is 1. The van der Waals surface area contributed by atoms with Crippen molar-refractivity contribution in [3.8, 4) is 0 Å². The van der Waals surface area contributed by atoms with Crippen molar-refractivity contribution in [2.45, 2.75) is 12.5 Å². The van der Waals surface area contributed by atoms with E-state index in [9.17, 15) is 4.79 Å². The van der Waals surface area contributed by atoms with Crippen molar-refractivity contribution in [1.29, 1.82) is 0 Å². The van der Waals surface area contributed by atoms with Gasteiger partial charge in [-0.3, -0.25) is 4.79 Å². The van der Waals surface area contributed by atoms with Gasteiger partial charge < -0.3 is 15.7 Å². The summed E-state index contributed by atoms with van der Waals surface area (Å²) in [6.07, 6.45) is 0. The van der Waals surface area contributed by atoms with Gasteiger partial charge in [-0.1, -0.05) is 6.92 Å². The van der Waals surface area contributed by atoms with Crippen LogP contribution in [-0.2, 0) is 4.79 Å². The molecule has 0 aromatic heterocycles. The van der Waals surface area contributed by atoms with Gasteiger partial charge in [-0.05, 0) is 6.54 Å². The Labute approximate surface area is 59.6 Å². The van der Waals surface area contributed by atoms with Crippen molar-refractivity contribution in [2.75, 3.05) is 19.6 Å². The average molecular weight is 144 g/mol. The Morgan fingerprint density at radius 2 is 2.40 bits per heavy atom. The lowest BCUT2D eigenvalue weighted by molar-refractivity contribution is -0.147. The van der Waals surface area contributed by atoms with E-state index < -0.39 is 11.5 Å². The van der Waals surface area contributed by atoms with E-state index in [-0.39, 0.29) is 0 Å². The van der Waals surface area contributed by atoms with Gasteiger partial charge >= 0.3 is 5.97 Å². The van der Waals surface area contributed by atoms with Crippen LogP contribution >= 0.6 is 0 Å². The molecule has 10 heavy (non-hydrogen) atoms. The van der Waals surface area contributed by atoms with Crippen LogP contribution < -0.4 is 10.6 Å². The van der Waals surface area contributed by atoms with Gasteiger partial charge in [0.05, 0.1) is 0 Å². The predicted molar refractivity (Wildman–Crippen MR) is 36.9 cm³/mol. The molecule has 0 bridgehead atoms. The van der Waals surface area contributed by atoms with Crippen molar-refractivity contribution in [2.24, 2.45) is 0 Å². The molecule has 0 aromatic carbocycles. The highest BCUT2D eigenvalue weighted by molar-refractivity contribution is 5.80. The largest absolute Gasteiger partial charge is 0.480 e. The molecule has 4 nitrogen and oxygen atoms in total. The third-order valence-corrected chi connectivity index (χ3v) is 1.78. The number of likely N-dealkylation sites (N-methyl/N-ethyl adjacent to an activating group) is 1. The molecular weight excluding hydrogens is 132 g/mol. The van der Waals surface area contributed by atoms with Crippen LogP contribution in [0.5, 0.6) is 0 Å². The summed E-state index contributed by atoms with van der Waals surface area (Å²) in [7, 11) is 0. The number of carbonyl (C=O) groups is 1. The molecule has 1 aliphatic rings. The summed E-state index contributed by atoms with van der Waals surface area (Å²) in [6, 6.07) is 0. The fraction of sp³-hybridized carbons (Fsp3) is 0.833. The molecule has 1 saturated heterocycles. The summed E-state index contributed by atoms with van der Waals surface area (Å²) in [5, 5.41) is 14.6. The first kappa shape index (κ1) is 7.50. The smallest absolute Gasteiger partial charge is 0.326 e. The molecule has 0 aliphatic carbocycles. The Balaban J connectivity index is 2.50. The monoisotopic (exact) mass is 144 g/mol. The Hall–Kier alpha value is -0.610. The minimum absolute atomic E-state index is 0.538. The summed E-state index contributed by atoms with van der Waals surface area (Å²) in [5.74, 6) is -0.756. The first-order valence-electron chi connectivity index (χ1n) is 3.40. The third kappa shape index (κ3) is 0.998. The summed E-state index contributed by atoms with van der Waals surface area (Å²) in [4.78, 5) is 10.6. The highest BCUT2D eigenvalue weighted by atomic mass is 16.4. The zero-order valence-corrected chi connectivity index (χ0v) is 5.98. The van der Waals surface area contributed by atoms with E-state index in [1.807, 2.05) is 6.92 Å². The van der Waals surface area contributed by atoms with Crippen LogP contribution in [0.3, 0.4) is 0 Å². The maximum atomic E-state index is 10.6.